The van der Waals surface area contributed by atoms with Gasteiger partial charge in [-0.1, -0.05) is 36.4 Å². The van der Waals surface area contributed by atoms with Gasteiger partial charge in [-0.15, -0.1) is 0 Å². The number of hydrogen-bond acceptors (Lipinski definition) is 4. The molecule has 0 aromatic heterocycles. The van der Waals surface area contributed by atoms with Gasteiger partial charge < -0.3 is 4.90 Å². The van der Waals surface area contributed by atoms with E-state index in [1.54, 1.807) is 0 Å². The molecule has 2 aromatic rings. The minimum absolute atomic E-state index is 0.779. The molecule has 4 heteroatoms. The van der Waals surface area contributed by atoms with Gasteiger partial charge in [0.05, 0.1) is 11.6 Å². The molecule has 0 saturated carbocycles. The van der Waals surface area contributed by atoms with Crippen LogP contribution in [0.15, 0.2) is 42.5 Å². The van der Waals surface area contributed by atoms with Crippen molar-refractivity contribution in [2.45, 2.75) is 32.4 Å². The zero-order valence-electron chi connectivity index (χ0n) is 17.6. The van der Waals surface area contributed by atoms with E-state index in [4.69, 9.17) is 0 Å². The van der Waals surface area contributed by atoms with Gasteiger partial charge in [0.15, 0.2) is 0 Å². The summed E-state index contributed by atoms with van der Waals surface area (Å²) in [4.78, 5) is 7.43. The maximum absolute atomic E-state index is 9.76. The molecule has 4 nitrogen and oxygen atoms in total. The van der Waals surface area contributed by atoms with Crippen LogP contribution in [-0.4, -0.2) is 61.0 Å². The molecule has 152 valence electrons. The second-order valence-electron chi connectivity index (χ2n) is 8.60. The van der Waals surface area contributed by atoms with Crippen molar-refractivity contribution in [3.8, 4) is 17.2 Å². The van der Waals surface area contributed by atoms with Crippen LogP contribution in [0.5, 0.6) is 0 Å². The van der Waals surface area contributed by atoms with Crippen molar-refractivity contribution in [1.29, 1.82) is 5.26 Å². The highest BCUT2D eigenvalue weighted by Gasteiger charge is 2.14. The number of likely N-dealkylation sites (tertiary alicyclic amines) is 1. The summed E-state index contributed by atoms with van der Waals surface area (Å²) in [5.41, 5.74) is 5.55. The van der Waals surface area contributed by atoms with Gasteiger partial charge in [0.1, 0.15) is 0 Å². The smallest absolute Gasteiger partial charge is 0.0998 e. The predicted molar refractivity (Wildman–Crippen MR) is 118 cm³/mol. The third kappa shape index (κ3) is 5.25. The summed E-state index contributed by atoms with van der Waals surface area (Å²) in [5, 5.41) is 9.76. The maximum atomic E-state index is 9.76. The summed E-state index contributed by atoms with van der Waals surface area (Å²) in [7, 11) is 2.20. The van der Waals surface area contributed by atoms with Gasteiger partial charge in [-0.25, -0.2) is 0 Å². The number of hydrogen-bond donors (Lipinski definition) is 0. The zero-order chi connectivity index (χ0) is 20.1. The molecule has 0 radical (unpaired) electrons. The van der Waals surface area contributed by atoms with E-state index in [-0.39, 0.29) is 0 Å². The molecule has 0 N–H and O–H groups in total. The minimum atomic E-state index is 0.779. The summed E-state index contributed by atoms with van der Waals surface area (Å²) < 4.78 is 0. The first-order chi connectivity index (χ1) is 14.2. The fourth-order valence-electron chi connectivity index (χ4n) is 4.54. The van der Waals surface area contributed by atoms with E-state index in [0.717, 1.165) is 49.4 Å². The van der Waals surface area contributed by atoms with Gasteiger partial charge in [0.25, 0.3) is 0 Å². The van der Waals surface area contributed by atoms with Crippen molar-refractivity contribution < 1.29 is 0 Å². The number of nitriles is 1. The van der Waals surface area contributed by atoms with Gasteiger partial charge in [0, 0.05) is 26.2 Å². The third-order valence-corrected chi connectivity index (χ3v) is 6.29. The van der Waals surface area contributed by atoms with Crippen LogP contribution in [-0.2, 0) is 13.1 Å². The maximum Gasteiger partial charge on any atom is 0.0998 e. The third-order valence-electron chi connectivity index (χ3n) is 6.29. The molecule has 0 unspecified atom stereocenters. The minimum Gasteiger partial charge on any atom is -0.305 e. The number of benzene rings is 2. The Morgan fingerprint density at radius 2 is 1.41 bits per heavy atom. The van der Waals surface area contributed by atoms with E-state index >= 15 is 0 Å². The molecular formula is C25H32N4. The average Bonchev–Trinajstić information content (AvgIpc) is 3.17. The first-order valence-electron chi connectivity index (χ1n) is 11.0. The lowest BCUT2D eigenvalue weighted by Crippen LogP contribution is -2.28. The zero-order valence-corrected chi connectivity index (χ0v) is 17.6. The Bertz CT molecular complexity index is 846. The fraction of sp³-hybridized carbons (Fsp3) is 0.480. The van der Waals surface area contributed by atoms with Crippen molar-refractivity contribution in [3.05, 3.63) is 59.2 Å². The largest absolute Gasteiger partial charge is 0.305 e. The van der Waals surface area contributed by atoms with Gasteiger partial charge >= 0.3 is 0 Å². The van der Waals surface area contributed by atoms with Crippen LogP contribution < -0.4 is 0 Å². The topological polar surface area (TPSA) is 33.5 Å². The van der Waals surface area contributed by atoms with Crippen molar-refractivity contribution in [1.82, 2.24) is 14.7 Å². The molecule has 0 aliphatic carbocycles. The Morgan fingerprint density at radius 3 is 2.17 bits per heavy atom. The van der Waals surface area contributed by atoms with Crippen molar-refractivity contribution in [2.75, 3.05) is 46.3 Å². The van der Waals surface area contributed by atoms with Crippen LogP contribution >= 0.6 is 0 Å². The molecule has 2 saturated heterocycles. The normalized spacial score (nSPS) is 19.2. The van der Waals surface area contributed by atoms with Crippen LogP contribution in [0.4, 0.5) is 0 Å². The summed E-state index contributed by atoms with van der Waals surface area (Å²) in [6, 6.07) is 17.6. The second kappa shape index (κ2) is 9.54. The van der Waals surface area contributed by atoms with E-state index in [2.05, 4.69) is 70.3 Å². The summed E-state index contributed by atoms with van der Waals surface area (Å²) in [6.45, 7) is 8.92. The summed E-state index contributed by atoms with van der Waals surface area (Å²) in [6.07, 6.45) is 3.86. The van der Waals surface area contributed by atoms with Crippen molar-refractivity contribution in [3.63, 3.8) is 0 Å². The van der Waals surface area contributed by atoms with Gasteiger partial charge in [0.2, 0.25) is 0 Å². The van der Waals surface area contributed by atoms with Crippen molar-refractivity contribution in [2.24, 2.45) is 0 Å². The Morgan fingerprint density at radius 1 is 0.759 bits per heavy atom. The first kappa shape index (κ1) is 20.1. The molecule has 2 aliphatic rings. The van der Waals surface area contributed by atoms with E-state index in [1.807, 2.05) is 0 Å². The average molecular weight is 389 g/mol. The van der Waals surface area contributed by atoms with E-state index < -0.39 is 0 Å². The molecule has 4 rings (SSSR count). The molecule has 2 heterocycles. The van der Waals surface area contributed by atoms with E-state index in [9.17, 15) is 5.26 Å². The highest BCUT2D eigenvalue weighted by atomic mass is 15.2. The standard InChI is InChI=1S/C25H32N4/c1-27-11-4-14-29(16-15-27)20-22-7-10-25(24(17-22)18-26)23-8-5-21(6-9-23)19-28-12-2-3-13-28/h5-10,17H,2-4,11-16,19-20H2,1H3. The lowest BCUT2D eigenvalue weighted by atomic mass is 9.97. The highest BCUT2D eigenvalue weighted by molar-refractivity contribution is 5.71. The molecule has 0 bridgehead atoms. The summed E-state index contributed by atoms with van der Waals surface area (Å²) in [5.74, 6) is 0. The number of nitrogens with zero attached hydrogens (tertiary/aromatic N) is 4. The molecule has 2 aliphatic heterocycles. The Balaban J connectivity index is 1.45. The lowest BCUT2D eigenvalue weighted by molar-refractivity contribution is 0.269. The predicted octanol–water partition coefficient (Wildman–Crippen LogP) is 3.96. The van der Waals surface area contributed by atoms with Crippen molar-refractivity contribution >= 4 is 0 Å². The van der Waals surface area contributed by atoms with Gasteiger partial charge in [-0.2, -0.15) is 5.26 Å². The number of likely N-dealkylation sites (N-methyl/N-ethyl adjacent to an activating group) is 1. The molecule has 0 atom stereocenters. The Hall–Kier alpha value is -2.19. The van der Waals surface area contributed by atoms with Crippen LogP contribution in [0.25, 0.3) is 11.1 Å². The monoisotopic (exact) mass is 388 g/mol. The quantitative estimate of drug-likeness (QED) is 0.776. The highest BCUT2D eigenvalue weighted by Crippen LogP contribution is 2.26. The van der Waals surface area contributed by atoms with E-state index in [1.165, 1.54) is 50.0 Å². The number of rotatable bonds is 5. The van der Waals surface area contributed by atoms with E-state index in [0.29, 0.717) is 0 Å². The second-order valence-corrected chi connectivity index (χ2v) is 8.60. The molecule has 29 heavy (non-hydrogen) atoms. The SMILES string of the molecule is CN1CCCN(Cc2ccc(-c3ccc(CN4CCCC4)cc3)c(C#N)c2)CC1. The lowest BCUT2D eigenvalue weighted by Gasteiger charge is -2.20. The van der Waals surface area contributed by atoms with Crippen LogP contribution in [0, 0.1) is 11.3 Å². The molecule has 2 aromatic carbocycles. The fourth-order valence-corrected chi connectivity index (χ4v) is 4.54. The molecule has 2 fully saturated rings. The summed E-state index contributed by atoms with van der Waals surface area (Å²) >= 11 is 0. The van der Waals surface area contributed by atoms with Gasteiger partial charge in [-0.3, -0.25) is 9.80 Å². The van der Waals surface area contributed by atoms with Crippen LogP contribution in [0.1, 0.15) is 36.0 Å². The van der Waals surface area contributed by atoms with Crippen LogP contribution in [0.2, 0.25) is 0 Å². The molecular weight excluding hydrogens is 356 g/mol. The Labute approximate surface area is 175 Å². The first-order valence-corrected chi connectivity index (χ1v) is 11.0. The Kier molecular flexibility index (Phi) is 6.61. The molecule has 0 amide bonds. The molecule has 0 spiro atoms. The van der Waals surface area contributed by atoms with Gasteiger partial charge in [-0.05, 0) is 80.8 Å². The van der Waals surface area contributed by atoms with Crippen LogP contribution in [0.3, 0.4) is 0 Å².